The number of hydrogen-bond acceptors (Lipinski definition) is 6. The standard InChI is InChI=1S/C27H29FN4O2S/c1-5-23(33)30-10-12-31(13-11-30)27-22-14-17(2)24(19-6-8-20(28)9-7-19)26-25(22)32(18(3)29-27)15-21(34-4)16-35-26/h5-9,14,21H,1,3,10-13,15-16H2,2,4H3/t21-/m0/s1. The number of ether oxygens (including phenoxy) is 1. The number of anilines is 1. The van der Waals surface area contributed by atoms with Crippen molar-refractivity contribution in [3.63, 3.8) is 0 Å². The van der Waals surface area contributed by atoms with Crippen LogP contribution >= 0.6 is 11.8 Å². The first-order chi connectivity index (χ1) is 16.9. The van der Waals surface area contributed by atoms with E-state index in [1.165, 1.54) is 18.2 Å². The van der Waals surface area contributed by atoms with Crippen LogP contribution in [0.1, 0.15) is 11.1 Å². The van der Waals surface area contributed by atoms with Crippen molar-refractivity contribution in [2.45, 2.75) is 17.9 Å². The largest absolute Gasteiger partial charge is 0.379 e. The van der Waals surface area contributed by atoms with Gasteiger partial charge in [0.1, 0.15) is 17.5 Å². The summed E-state index contributed by atoms with van der Waals surface area (Å²) in [5.74, 6) is 2.07. The van der Waals surface area contributed by atoms with E-state index in [2.05, 4.69) is 35.9 Å². The summed E-state index contributed by atoms with van der Waals surface area (Å²) < 4.78 is 19.5. The number of hydrogen-bond donors (Lipinski definition) is 0. The highest BCUT2D eigenvalue weighted by Gasteiger charge is 2.36. The number of rotatable bonds is 3. The third-order valence-corrected chi connectivity index (χ3v) is 8.07. The van der Waals surface area contributed by atoms with E-state index in [4.69, 9.17) is 9.73 Å². The zero-order valence-electron chi connectivity index (χ0n) is 20.1. The fourth-order valence-electron chi connectivity index (χ4n) is 4.98. The van der Waals surface area contributed by atoms with Crippen molar-refractivity contribution in [3.05, 3.63) is 72.3 Å². The fourth-order valence-corrected chi connectivity index (χ4v) is 6.36. The Hall–Kier alpha value is -3.10. The summed E-state index contributed by atoms with van der Waals surface area (Å²) in [6.07, 6.45) is 1.39. The van der Waals surface area contributed by atoms with Crippen molar-refractivity contribution in [2.75, 3.05) is 50.5 Å². The zero-order valence-corrected chi connectivity index (χ0v) is 20.9. The van der Waals surface area contributed by atoms with Crippen molar-refractivity contribution in [2.24, 2.45) is 4.99 Å². The second kappa shape index (κ2) is 9.51. The number of aliphatic imine (C=N–C) groups is 1. The maximum absolute atomic E-state index is 13.7. The number of carbonyl (C=O) groups excluding carboxylic acids is 1. The summed E-state index contributed by atoms with van der Waals surface area (Å²) in [4.78, 5) is 24.4. The first-order valence-electron chi connectivity index (χ1n) is 11.7. The minimum Gasteiger partial charge on any atom is -0.379 e. The highest BCUT2D eigenvalue weighted by molar-refractivity contribution is 7.99. The van der Waals surface area contributed by atoms with Gasteiger partial charge in [0.05, 0.1) is 18.3 Å². The molecule has 1 amide bonds. The molecule has 35 heavy (non-hydrogen) atoms. The number of piperazine rings is 1. The maximum Gasteiger partial charge on any atom is 0.246 e. The van der Waals surface area contributed by atoms with Crippen LogP contribution in [0.15, 0.2) is 65.3 Å². The van der Waals surface area contributed by atoms with Gasteiger partial charge in [-0.2, -0.15) is 0 Å². The summed E-state index contributed by atoms with van der Waals surface area (Å²) >= 11 is 1.77. The number of amides is 1. The van der Waals surface area contributed by atoms with E-state index >= 15 is 0 Å². The Labute approximate surface area is 209 Å². The van der Waals surface area contributed by atoms with Crippen LogP contribution < -0.4 is 4.90 Å². The molecule has 0 radical (unpaired) electrons. The molecule has 5 rings (SSSR count). The molecule has 1 atom stereocenters. The minimum absolute atomic E-state index is 0.0172. The molecule has 3 heterocycles. The van der Waals surface area contributed by atoms with Gasteiger partial charge in [-0.15, -0.1) is 11.8 Å². The van der Waals surface area contributed by atoms with E-state index < -0.39 is 0 Å². The summed E-state index contributed by atoms with van der Waals surface area (Å²) in [6.45, 7) is 13.3. The number of amidine groups is 1. The molecule has 0 aliphatic carbocycles. The van der Waals surface area contributed by atoms with Gasteiger partial charge in [-0.05, 0) is 42.3 Å². The molecule has 0 aromatic heterocycles. The Kier molecular flexibility index (Phi) is 6.42. The monoisotopic (exact) mass is 492 g/mol. The molecule has 0 saturated carbocycles. The quantitative estimate of drug-likeness (QED) is 0.599. The van der Waals surface area contributed by atoms with Gasteiger partial charge in [0.15, 0.2) is 0 Å². The molecule has 3 aliphatic heterocycles. The number of thioether (sulfide) groups is 1. The molecule has 0 N–H and O–H groups in total. The number of carbonyl (C=O) groups is 1. The molecule has 3 aliphatic rings. The molecule has 0 bridgehead atoms. The van der Waals surface area contributed by atoms with Crippen LogP contribution in [0, 0.1) is 12.7 Å². The van der Waals surface area contributed by atoms with Gasteiger partial charge in [0.2, 0.25) is 5.91 Å². The normalized spacial score (nSPS) is 19.7. The van der Waals surface area contributed by atoms with E-state index in [1.54, 1.807) is 18.9 Å². The van der Waals surface area contributed by atoms with Crippen LogP contribution in [0.5, 0.6) is 0 Å². The molecular weight excluding hydrogens is 463 g/mol. The van der Waals surface area contributed by atoms with E-state index in [0.29, 0.717) is 38.5 Å². The number of benzene rings is 2. The number of methoxy groups -OCH3 is 1. The van der Waals surface area contributed by atoms with Crippen molar-refractivity contribution in [3.8, 4) is 11.1 Å². The average molecular weight is 493 g/mol. The lowest BCUT2D eigenvalue weighted by Gasteiger charge is -2.40. The molecule has 0 unspecified atom stereocenters. The molecule has 6 nitrogen and oxygen atoms in total. The predicted molar refractivity (Wildman–Crippen MR) is 139 cm³/mol. The van der Waals surface area contributed by atoms with Crippen molar-refractivity contribution in [1.29, 1.82) is 0 Å². The van der Waals surface area contributed by atoms with Crippen LogP contribution in [0.4, 0.5) is 10.1 Å². The van der Waals surface area contributed by atoms with Crippen LogP contribution in [0.2, 0.25) is 0 Å². The van der Waals surface area contributed by atoms with Crippen molar-refractivity contribution in [1.82, 2.24) is 9.80 Å². The van der Waals surface area contributed by atoms with Gasteiger partial charge in [-0.3, -0.25) is 4.79 Å². The van der Waals surface area contributed by atoms with E-state index in [1.807, 2.05) is 17.0 Å². The lowest BCUT2D eigenvalue weighted by Crippen LogP contribution is -2.51. The molecule has 1 saturated heterocycles. The van der Waals surface area contributed by atoms with Crippen LogP contribution in [-0.4, -0.2) is 73.2 Å². The summed E-state index contributed by atoms with van der Waals surface area (Å²) in [6, 6.07) is 8.88. The topological polar surface area (TPSA) is 48.4 Å². The number of aryl methyl sites for hydroxylation is 1. The zero-order chi connectivity index (χ0) is 24.7. The Morgan fingerprint density at radius 3 is 2.60 bits per heavy atom. The highest BCUT2D eigenvalue weighted by atomic mass is 32.2. The molecule has 2 aromatic carbocycles. The number of halogens is 1. The first kappa shape index (κ1) is 23.6. The summed E-state index contributed by atoms with van der Waals surface area (Å²) in [7, 11) is 1.74. The summed E-state index contributed by atoms with van der Waals surface area (Å²) in [5.41, 5.74) is 5.33. The van der Waals surface area contributed by atoms with Gasteiger partial charge < -0.3 is 19.4 Å². The second-order valence-corrected chi connectivity index (χ2v) is 9.98. The molecule has 0 spiro atoms. The molecule has 2 aromatic rings. The molecular formula is C27H29FN4O2S. The summed E-state index contributed by atoms with van der Waals surface area (Å²) in [5, 5.41) is 0. The Balaban J connectivity index is 1.62. The smallest absolute Gasteiger partial charge is 0.246 e. The van der Waals surface area contributed by atoms with Crippen molar-refractivity contribution < 1.29 is 13.9 Å². The van der Waals surface area contributed by atoms with Gasteiger partial charge >= 0.3 is 0 Å². The van der Waals surface area contributed by atoms with E-state index in [-0.39, 0.29) is 17.8 Å². The maximum atomic E-state index is 13.7. The van der Waals surface area contributed by atoms with Crippen molar-refractivity contribution >= 4 is 29.2 Å². The molecule has 8 heteroatoms. The molecule has 1 fully saturated rings. The SMILES string of the molecule is C=CC(=O)N1CCN(C2=NC(=C)N3C[C@H](OC)CSc4c(-c5ccc(F)cc5)c(C)cc2c43)CC1. The average Bonchev–Trinajstić information content (AvgIpc) is 3.07. The number of nitrogens with zero attached hydrogens (tertiary/aromatic N) is 4. The lowest BCUT2D eigenvalue weighted by molar-refractivity contribution is -0.127. The van der Waals surface area contributed by atoms with Crippen LogP contribution in [0.25, 0.3) is 11.1 Å². The first-order valence-corrected chi connectivity index (χ1v) is 12.7. The minimum atomic E-state index is -0.249. The Bertz CT molecular complexity index is 1220. The lowest BCUT2D eigenvalue weighted by atomic mass is 9.94. The highest BCUT2D eigenvalue weighted by Crippen LogP contribution is 2.48. The van der Waals surface area contributed by atoms with E-state index in [9.17, 15) is 9.18 Å². The van der Waals surface area contributed by atoms with Gasteiger partial charge in [0.25, 0.3) is 0 Å². The second-order valence-electron chi connectivity index (χ2n) is 8.95. The van der Waals surface area contributed by atoms with Crippen LogP contribution in [0.3, 0.4) is 0 Å². The van der Waals surface area contributed by atoms with Crippen LogP contribution in [-0.2, 0) is 9.53 Å². The van der Waals surface area contributed by atoms with Gasteiger partial charge in [-0.25, -0.2) is 9.38 Å². The third kappa shape index (κ3) is 4.25. The predicted octanol–water partition coefficient (Wildman–Crippen LogP) is 4.29. The van der Waals surface area contributed by atoms with Gasteiger partial charge in [-0.1, -0.05) is 25.3 Å². The Morgan fingerprint density at radius 2 is 1.94 bits per heavy atom. The van der Waals surface area contributed by atoms with Gasteiger partial charge in [0, 0.05) is 55.1 Å². The molecule has 182 valence electrons. The fraction of sp³-hybridized carbons (Fsp3) is 0.333. The Morgan fingerprint density at radius 1 is 1.23 bits per heavy atom. The third-order valence-electron chi connectivity index (χ3n) is 6.84. The van der Waals surface area contributed by atoms with E-state index in [0.717, 1.165) is 44.4 Å².